The minimum absolute atomic E-state index is 0.0839. The maximum atomic E-state index is 12.3. The fourth-order valence-corrected chi connectivity index (χ4v) is 2.44. The van der Waals surface area contributed by atoms with Crippen molar-refractivity contribution in [2.45, 2.75) is 13.3 Å². The Morgan fingerprint density at radius 3 is 2.27 bits per heavy atom. The Hall–Kier alpha value is -3.47. The summed E-state index contributed by atoms with van der Waals surface area (Å²) in [5.74, 6) is -0.376. The maximum Gasteiger partial charge on any atom is 0.257 e. The molecule has 3 N–H and O–H groups in total. The molecule has 1 amide bonds. The molecule has 5 nitrogen and oxygen atoms in total. The predicted molar refractivity (Wildman–Crippen MR) is 102 cm³/mol. The van der Waals surface area contributed by atoms with Crippen LogP contribution >= 0.6 is 0 Å². The second kappa shape index (κ2) is 7.61. The molecule has 5 heteroatoms. The number of Topliss-reactive ketones (excluding diaryl/α,β-unsaturated/α-hetero) is 1. The van der Waals surface area contributed by atoms with E-state index in [1.165, 1.54) is 6.20 Å². The summed E-state index contributed by atoms with van der Waals surface area (Å²) in [6.45, 7) is 2.00. The van der Waals surface area contributed by atoms with Gasteiger partial charge in [-0.3, -0.25) is 14.6 Å². The van der Waals surface area contributed by atoms with Crippen molar-refractivity contribution in [3.8, 4) is 0 Å². The van der Waals surface area contributed by atoms with Gasteiger partial charge in [-0.15, -0.1) is 0 Å². The van der Waals surface area contributed by atoms with Crippen LogP contribution in [0.5, 0.6) is 0 Å². The van der Waals surface area contributed by atoms with Crippen molar-refractivity contribution in [2.75, 3.05) is 11.1 Å². The van der Waals surface area contributed by atoms with E-state index < -0.39 is 0 Å². The highest BCUT2D eigenvalue weighted by molar-refractivity contribution is 6.04. The van der Waals surface area contributed by atoms with Gasteiger partial charge in [-0.05, 0) is 48.9 Å². The van der Waals surface area contributed by atoms with E-state index >= 15 is 0 Å². The molecule has 0 spiro atoms. The third-order valence-corrected chi connectivity index (χ3v) is 3.97. The molecule has 0 aliphatic rings. The van der Waals surface area contributed by atoms with Crippen LogP contribution < -0.4 is 11.1 Å². The summed E-state index contributed by atoms with van der Waals surface area (Å²) in [7, 11) is 0. The molecule has 0 aliphatic heterocycles. The van der Waals surface area contributed by atoms with Crippen molar-refractivity contribution >= 4 is 23.1 Å². The molecule has 0 atom stereocenters. The zero-order valence-electron chi connectivity index (χ0n) is 14.4. The number of anilines is 2. The first-order chi connectivity index (χ1) is 12.5. The van der Waals surface area contributed by atoms with Gasteiger partial charge in [0.25, 0.3) is 5.91 Å². The second-order valence-electron chi connectivity index (χ2n) is 6.09. The Bertz CT molecular complexity index is 836. The van der Waals surface area contributed by atoms with Crippen molar-refractivity contribution in [1.29, 1.82) is 0 Å². The number of amides is 1. The van der Waals surface area contributed by atoms with Gasteiger partial charge >= 0.3 is 0 Å². The number of benzene rings is 2. The number of nitrogens with one attached hydrogen (secondary N) is 1. The van der Waals surface area contributed by atoms with E-state index in [0.717, 1.165) is 11.1 Å². The van der Waals surface area contributed by atoms with Crippen LogP contribution in [-0.4, -0.2) is 16.7 Å². The predicted octanol–water partition coefficient (Wildman–Crippen LogP) is 3.65. The van der Waals surface area contributed by atoms with Gasteiger partial charge in [0.1, 0.15) is 5.69 Å². The van der Waals surface area contributed by atoms with Crippen molar-refractivity contribution in [3.05, 3.63) is 89.2 Å². The molecular formula is C21H19N3O2. The number of nitrogens with zero attached hydrogens (tertiary/aromatic N) is 1. The van der Waals surface area contributed by atoms with E-state index in [1.54, 1.807) is 36.4 Å². The fourth-order valence-electron chi connectivity index (χ4n) is 2.44. The lowest BCUT2D eigenvalue weighted by Gasteiger charge is -2.06. The Morgan fingerprint density at radius 1 is 0.962 bits per heavy atom. The largest absolute Gasteiger partial charge is 0.399 e. The van der Waals surface area contributed by atoms with Gasteiger partial charge in [0, 0.05) is 24.0 Å². The van der Waals surface area contributed by atoms with Crippen LogP contribution in [0.4, 0.5) is 11.4 Å². The number of ketones is 1. The summed E-state index contributed by atoms with van der Waals surface area (Å²) in [5, 5.41) is 2.76. The van der Waals surface area contributed by atoms with Gasteiger partial charge in [-0.1, -0.05) is 29.8 Å². The third kappa shape index (κ3) is 4.33. The molecule has 3 rings (SSSR count). The van der Waals surface area contributed by atoms with Crippen LogP contribution in [0.15, 0.2) is 66.9 Å². The Morgan fingerprint density at radius 2 is 1.65 bits per heavy atom. The minimum atomic E-state index is -0.292. The molecule has 26 heavy (non-hydrogen) atoms. The number of carbonyl (C=O) groups excluding carboxylic acids is 2. The lowest BCUT2D eigenvalue weighted by Crippen LogP contribution is -2.13. The topological polar surface area (TPSA) is 85.1 Å². The number of rotatable bonds is 5. The van der Waals surface area contributed by atoms with Crippen LogP contribution in [-0.2, 0) is 6.42 Å². The van der Waals surface area contributed by atoms with Crippen molar-refractivity contribution in [1.82, 2.24) is 4.98 Å². The first-order valence-electron chi connectivity index (χ1n) is 8.23. The molecule has 1 heterocycles. The summed E-state index contributed by atoms with van der Waals surface area (Å²) in [6, 6.07) is 17.8. The molecule has 0 saturated carbocycles. The summed E-state index contributed by atoms with van der Waals surface area (Å²) < 4.78 is 0. The summed E-state index contributed by atoms with van der Waals surface area (Å²) in [6.07, 6.45) is 1.69. The van der Waals surface area contributed by atoms with Gasteiger partial charge < -0.3 is 11.1 Å². The van der Waals surface area contributed by atoms with Crippen LogP contribution in [0.1, 0.15) is 32.0 Å². The van der Waals surface area contributed by atoms with Crippen molar-refractivity contribution in [2.24, 2.45) is 0 Å². The van der Waals surface area contributed by atoms with Gasteiger partial charge in [0.05, 0.1) is 5.56 Å². The third-order valence-electron chi connectivity index (χ3n) is 3.97. The molecule has 0 radical (unpaired) electrons. The van der Waals surface area contributed by atoms with Crippen LogP contribution in [0.2, 0.25) is 0 Å². The van der Waals surface area contributed by atoms with Gasteiger partial charge in [0.15, 0.2) is 5.78 Å². The smallest absolute Gasteiger partial charge is 0.257 e. The maximum absolute atomic E-state index is 12.3. The molecule has 1 aromatic heterocycles. The van der Waals surface area contributed by atoms with Crippen LogP contribution in [0, 0.1) is 6.92 Å². The number of hydrogen-bond acceptors (Lipinski definition) is 4. The summed E-state index contributed by atoms with van der Waals surface area (Å²) in [4.78, 5) is 28.7. The molecule has 0 fully saturated rings. The van der Waals surface area contributed by atoms with Crippen molar-refractivity contribution in [3.63, 3.8) is 0 Å². The molecule has 0 aliphatic carbocycles. The van der Waals surface area contributed by atoms with Crippen molar-refractivity contribution < 1.29 is 9.59 Å². The molecule has 0 saturated heterocycles. The number of hydrogen-bond donors (Lipinski definition) is 2. The van der Waals surface area contributed by atoms with E-state index in [9.17, 15) is 9.59 Å². The highest BCUT2D eigenvalue weighted by atomic mass is 16.1. The quantitative estimate of drug-likeness (QED) is 0.546. The molecule has 130 valence electrons. The number of carbonyl (C=O) groups is 2. The highest BCUT2D eigenvalue weighted by Gasteiger charge is 2.11. The number of nitrogen functional groups attached to an aromatic ring is 1. The molecular weight excluding hydrogens is 326 g/mol. The summed E-state index contributed by atoms with van der Waals surface area (Å²) >= 11 is 0. The lowest BCUT2D eigenvalue weighted by molar-refractivity contribution is 0.0984. The van der Waals surface area contributed by atoms with E-state index in [0.29, 0.717) is 22.6 Å². The first-order valence-corrected chi connectivity index (χ1v) is 8.23. The molecule has 0 unspecified atom stereocenters. The highest BCUT2D eigenvalue weighted by Crippen LogP contribution is 2.13. The standard InChI is InChI=1S/C21H19N3O2/c1-14-2-4-15(5-3-14)12-20(25)19-11-6-16(13-23-19)21(26)24-18-9-7-17(22)8-10-18/h2-11,13H,12,22H2,1H3,(H,24,26). The van der Waals surface area contributed by atoms with Gasteiger partial charge in [-0.25, -0.2) is 0 Å². The number of nitrogens with two attached hydrogens (primary N) is 1. The zero-order chi connectivity index (χ0) is 18.5. The normalized spacial score (nSPS) is 10.3. The van der Waals surface area contributed by atoms with E-state index in [-0.39, 0.29) is 18.1 Å². The zero-order valence-corrected chi connectivity index (χ0v) is 14.4. The monoisotopic (exact) mass is 345 g/mol. The van der Waals surface area contributed by atoms with Gasteiger partial charge in [-0.2, -0.15) is 0 Å². The Balaban J connectivity index is 1.65. The summed E-state index contributed by atoms with van der Waals surface area (Å²) in [5.41, 5.74) is 9.70. The first kappa shape index (κ1) is 17.4. The minimum Gasteiger partial charge on any atom is -0.399 e. The average Bonchev–Trinajstić information content (AvgIpc) is 2.65. The second-order valence-corrected chi connectivity index (χ2v) is 6.09. The molecule has 2 aromatic carbocycles. The number of aromatic nitrogens is 1. The molecule has 0 bridgehead atoms. The Kier molecular flexibility index (Phi) is 5.08. The average molecular weight is 345 g/mol. The Labute approximate surface area is 151 Å². The SMILES string of the molecule is Cc1ccc(CC(=O)c2ccc(C(=O)Nc3ccc(N)cc3)cn2)cc1. The van der Waals surface area contributed by atoms with Gasteiger partial charge in [0.2, 0.25) is 0 Å². The lowest BCUT2D eigenvalue weighted by atomic mass is 10.0. The van der Waals surface area contributed by atoms with E-state index in [2.05, 4.69) is 10.3 Å². The molecule has 3 aromatic rings. The van der Waals surface area contributed by atoms with Crippen LogP contribution in [0.25, 0.3) is 0 Å². The van der Waals surface area contributed by atoms with E-state index in [4.69, 9.17) is 5.73 Å². The number of pyridine rings is 1. The van der Waals surface area contributed by atoms with Crippen LogP contribution in [0.3, 0.4) is 0 Å². The fraction of sp³-hybridized carbons (Fsp3) is 0.0952. The van der Waals surface area contributed by atoms with E-state index in [1.807, 2.05) is 31.2 Å². The number of aryl methyl sites for hydroxylation is 1.